The molecule has 0 rings (SSSR count). The normalized spacial score (nSPS) is 15.4. The number of unbranched alkanes of at least 4 members (excludes halogenated alkanes) is 3. The second kappa shape index (κ2) is 12.3. The summed E-state index contributed by atoms with van der Waals surface area (Å²) in [5.41, 5.74) is 0. The number of rotatable bonds is 8. The molecule has 0 heterocycles. The number of nitrogens with zero attached hydrogens (tertiary/aromatic N) is 1. The molecule has 0 spiro atoms. The van der Waals surface area contributed by atoms with Gasteiger partial charge in [-0.1, -0.05) is 26.2 Å². The van der Waals surface area contributed by atoms with Crippen molar-refractivity contribution in [1.29, 1.82) is 0 Å². The van der Waals surface area contributed by atoms with Gasteiger partial charge in [-0.15, -0.1) is 0 Å². The van der Waals surface area contributed by atoms with Crippen LogP contribution in [0, 0.1) is 0 Å². The molecule has 0 fully saturated rings. The zero-order valence-electron chi connectivity index (χ0n) is 12.4. The molecule has 0 saturated carbocycles. The van der Waals surface area contributed by atoms with E-state index in [0.29, 0.717) is 6.42 Å². The zero-order valence-corrected chi connectivity index (χ0v) is 12.4. The SMILES string of the molecule is CC(O)N(C(C)O)C(C)O.CCCCCCC(=O)O. The number of carboxylic acid groups (broad SMARTS) is 1. The number of aliphatic hydroxyl groups is 3. The van der Waals surface area contributed by atoms with Crippen LogP contribution in [-0.4, -0.2) is 50.0 Å². The van der Waals surface area contributed by atoms with E-state index in [0.717, 1.165) is 19.3 Å². The van der Waals surface area contributed by atoms with Crippen LogP contribution in [0.3, 0.4) is 0 Å². The lowest BCUT2D eigenvalue weighted by Crippen LogP contribution is -2.45. The van der Waals surface area contributed by atoms with Crippen LogP contribution in [0.1, 0.15) is 59.8 Å². The number of carboxylic acids is 1. The molecular formula is C13H29NO5. The van der Waals surface area contributed by atoms with Crippen LogP contribution in [0.25, 0.3) is 0 Å². The number of carbonyl (C=O) groups is 1. The summed E-state index contributed by atoms with van der Waals surface area (Å²) >= 11 is 0. The van der Waals surface area contributed by atoms with E-state index < -0.39 is 24.7 Å². The van der Waals surface area contributed by atoms with Crippen LogP contribution >= 0.6 is 0 Å². The summed E-state index contributed by atoms with van der Waals surface area (Å²) in [5.74, 6) is -0.675. The number of aliphatic hydroxyl groups excluding tert-OH is 3. The molecule has 0 aromatic carbocycles. The molecule has 0 saturated heterocycles. The molecule has 0 amide bonds. The van der Waals surface area contributed by atoms with E-state index in [4.69, 9.17) is 20.4 Å². The average molecular weight is 279 g/mol. The summed E-state index contributed by atoms with van der Waals surface area (Å²) in [5, 5.41) is 35.1. The second-order valence-electron chi connectivity index (χ2n) is 4.55. The highest BCUT2D eigenvalue weighted by atomic mass is 16.4. The van der Waals surface area contributed by atoms with Crippen molar-refractivity contribution < 1.29 is 25.2 Å². The van der Waals surface area contributed by atoms with Crippen molar-refractivity contribution in [2.45, 2.75) is 78.5 Å². The highest BCUT2D eigenvalue weighted by molar-refractivity contribution is 5.66. The standard InChI is InChI=1S/C7H14O2.C6H15NO3/c1-2-3-4-5-6-7(8)9;1-4(8)7(5(2)9)6(3)10/h2-6H2,1H3,(H,8,9);4-6,8-10H,1-3H3. The van der Waals surface area contributed by atoms with Gasteiger partial charge in [0, 0.05) is 6.42 Å². The largest absolute Gasteiger partial charge is 0.481 e. The first-order valence-corrected chi connectivity index (χ1v) is 6.77. The first kappa shape index (κ1) is 20.6. The number of aliphatic carboxylic acids is 1. The van der Waals surface area contributed by atoms with Crippen molar-refractivity contribution in [3.63, 3.8) is 0 Å². The van der Waals surface area contributed by atoms with Crippen molar-refractivity contribution >= 4 is 5.97 Å². The lowest BCUT2D eigenvalue weighted by Gasteiger charge is -2.30. The molecule has 0 aliphatic rings. The minimum atomic E-state index is -0.833. The van der Waals surface area contributed by atoms with Crippen molar-refractivity contribution in [3.8, 4) is 0 Å². The van der Waals surface area contributed by atoms with Gasteiger partial charge in [0.15, 0.2) is 0 Å². The molecule has 19 heavy (non-hydrogen) atoms. The van der Waals surface area contributed by atoms with Gasteiger partial charge in [0.2, 0.25) is 0 Å². The van der Waals surface area contributed by atoms with E-state index in [1.807, 2.05) is 0 Å². The Labute approximate surface area is 115 Å². The smallest absolute Gasteiger partial charge is 0.303 e. The first-order chi connectivity index (χ1) is 8.73. The highest BCUT2D eigenvalue weighted by Gasteiger charge is 2.20. The Balaban J connectivity index is 0. The molecule has 3 unspecified atom stereocenters. The summed E-state index contributed by atoms with van der Waals surface area (Å²) in [6.45, 7) is 6.57. The van der Waals surface area contributed by atoms with E-state index >= 15 is 0 Å². The van der Waals surface area contributed by atoms with Crippen molar-refractivity contribution in [1.82, 2.24) is 4.90 Å². The van der Waals surface area contributed by atoms with Crippen molar-refractivity contribution in [3.05, 3.63) is 0 Å². The van der Waals surface area contributed by atoms with Crippen LogP contribution in [0.2, 0.25) is 0 Å². The fraction of sp³-hybridized carbons (Fsp3) is 0.923. The second-order valence-corrected chi connectivity index (χ2v) is 4.55. The molecule has 3 atom stereocenters. The molecule has 6 nitrogen and oxygen atoms in total. The molecule has 4 N–H and O–H groups in total. The van der Waals surface area contributed by atoms with Crippen molar-refractivity contribution in [2.75, 3.05) is 0 Å². The number of hydrogen-bond donors (Lipinski definition) is 4. The van der Waals surface area contributed by atoms with E-state index in [9.17, 15) is 4.79 Å². The van der Waals surface area contributed by atoms with Crippen LogP contribution in [-0.2, 0) is 4.79 Å². The highest BCUT2D eigenvalue weighted by Crippen LogP contribution is 2.04. The summed E-state index contributed by atoms with van der Waals surface area (Å²) in [4.78, 5) is 11.1. The monoisotopic (exact) mass is 279 g/mol. The average Bonchev–Trinajstić information content (AvgIpc) is 2.23. The van der Waals surface area contributed by atoms with E-state index in [2.05, 4.69) is 6.92 Å². The molecule has 0 aromatic heterocycles. The van der Waals surface area contributed by atoms with Gasteiger partial charge >= 0.3 is 5.97 Å². The maximum atomic E-state index is 9.96. The van der Waals surface area contributed by atoms with E-state index in [1.54, 1.807) is 0 Å². The third kappa shape index (κ3) is 13.5. The maximum Gasteiger partial charge on any atom is 0.303 e. The Kier molecular flexibility index (Phi) is 13.4. The Morgan fingerprint density at radius 3 is 1.58 bits per heavy atom. The van der Waals surface area contributed by atoms with Crippen LogP contribution in [0.4, 0.5) is 0 Å². The van der Waals surface area contributed by atoms with Gasteiger partial charge in [-0.2, -0.15) is 0 Å². The van der Waals surface area contributed by atoms with Gasteiger partial charge in [0.1, 0.15) is 18.7 Å². The minimum absolute atomic E-state index is 0.333. The van der Waals surface area contributed by atoms with Gasteiger partial charge in [0.25, 0.3) is 0 Å². The Morgan fingerprint density at radius 2 is 1.37 bits per heavy atom. The van der Waals surface area contributed by atoms with Gasteiger partial charge in [-0.05, 0) is 27.2 Å². The quantitative estimate of drug-likeness (QED) is 0.395. The van der Waals surface area contributed by atoms with E-state index in [1.165, 1.54) is 32.1 Å². The predicted molar refractivity (Wildman–Crippen MR) is 73.3 cm³/mol. The third-order valence-electron chi connectivity index (χ3n) is 2.54. The molecular weight excluding hydrogens is 250 g/mol. The molecule has 116 valence electrons. The molecule has 0 radical (unpaired) electrons. The zero-order chi connectivity index (χ0) is 15.4. The molecule has 0 aromatic rings. The lowest BCUT2D eigenvalue weighted by molar-refractivity contribution is -0.159. The van der Waals surface area contributed by atoms with Gasteiger partial charge in [-0.25, -0.2) is 4.90 Å². The first-order valence-electron chi connectivity index (χ1n) is 6.77. The molecule has 6 heteroatoms. The fourth-order valence-electron chi connectivity index (χ4n) is 1.64. The predicted octanol–water partition coefficient (Wildman–Crippen LogP) is 1.34. The van der Waals surface area contributed by atoms with Crippen LogP contribution < -0.4 is 0 Å². The van der Waals surface area contributed by atoms with Gasteiger partial charge < -0.3 is 20.4 Å². The third-order valence-corrected chi connectivity index (χ3v) is 2.54. The van der Waals surface area contributed by atoms with Crippen LogP contribution in [0.15, 0.2) is 0 Å². The Morgan fingerprint density at radius 1 is 0.947 bits per heavy atom. The number of hydrogen-bond acceptors (Lipinski definition) is 5. The molecule has 0 bridgehead atoms. The topological polar surface area (TPSA) is 101 Å². The summed E-state index contributed by atoms with van der Waals surface area (Å²) in [6.07, 6.45) is 2.05. The lowest BCUT2D eigenvalue weighted by atomic mass is 10.2. The maximum absolute atomic E-state index is 9.96. The van der Waals surface area contributed by atoms with Crippen molar-refractivity contribution in [2.24, 2.45) is 0 Å². The molecule has 0 aliphatic heterocycles. The fourth-order valence-corrected chi connectivity index (χ4v) is 1.64. The summed E-state index contributed by atoms with van der Waals surface area (Å²) in [6, 6.07) is 0. The summed E-state index contributed by atoms with van der Waals surface area (Å²) in [7, 11) is 0. The van der Waals surface area contributed by atoms with Gasteiger partial charge in [-0.3, -0.25) is 4.79 Å². The van der Waals surface area contributed by atoms with Crippen LogP contribution in [0.5, 0.6) is 0 Å². The summed E-state index contributed by atoms with van der Waals surface area (Å²) < 4.78 is 0. The Hall–Kier alpha value is -0.690. The Bertz CT molecular complexity index is 200. The molecule has 0 aliphatic carbocycles. The minimum Gasteiger partial charge on any atom is -0.481 e. The van der Waals surface area contributed by atoms with Gasteiger partial charge in [0.05, 0.1) is 0 Å². The van der Waals surface area contributed by atoms with E-state index in [-0.39, 0.29) is 0 Å².